The number of carbonyl (C=O) groups is 1. The Kier molecular flexibility index (Phi) is 6.61. The van der Waals surface area contributed by atoms with Crippen LogP contribution in [0.3, 0.4) is 0 Å². The van der Waals surface area contributed by atoms with Crippen LogP contribution >= 0.6 is 0 Å². The topological polar surface area (TPSA) is 80.2 Å². The number of aliphatic hydroxyl groups excluding tert-OH is 1. The fourth-order valence-electron chi connectivity index (χ4n) is 3.97. The molecular weight excluding hydrogens is 449 g/mol. The highest BCUT2D eigenvalue weighted by Gasteiger charge is 2.35. The van der Waals surface area contributed by atoms with Crippen LogP contribution in [-0.2, 0) is 17.6 Å². The molecule has 6 nitrogen and oxygen atoms in total. The minimum atomic E-state index is -4.64. The summed E-state index contributed by atoms with van der Waals surface area (Å²) in [5, 5.41) is 11.5. The molecule has 1 fully saturated rings. The first-order chi connectivity index (χ1) is 16.3. The van der Waals surface area contributed by atoms with Crippen LogP contribution < -0.4 is 14.8 Å². The van der Waals surface area contributed by atoms with Crippen molar-refractivity contribution in [2.24, 2.45) is 4.99 Å². The number of nitrogens with zero attached hydrogens (tertiary/aromatic N) is 1. The number of aliphatic hydroxyl groups is 1. The number of carbonyl (C=O) groups excluding carboxylic acids is 1. The summed E-state index contributed by atoms with van der Waals surface area (Å²) in [4.78, 5) is 16.4. The van der Waals surface area contributed by atoms with Crippen molar-refractivity contribution in [2.45, 2.75) is 25.1 Å². The third-order valence-electron chi connectivity index (χ3n) is 5.55. The second-order valence-electron chi connectivity index (χ2n) is 7.68. The van der Waals surface area contributed by atoms with Crippen LogP contribution in [0.15, 0.2) is 53.0 Å². The van der Waals surface area contributed by atoms with Crippen LogP contribution in [0, 0.1) is 11.8 Å². The van der Waals surface area contributed by atoms with E-state index in [1.807, 2.05) is 12.1 Å². The molecule has 1 saturated heterocycles. The van der Waals surface area contributed by atoms with Crippen molar-refractivity contribution in [3.05, 3.63) is 70.3 Å². The Hall–Kier alpha value is -3.77. The molecule has 1 amide bonds. The molecule has 9 heteroatoms. The van der Waals surface area contributed by atoms with Gasteiger partial charge in [0, 0.05) is 29.0 Å². The summed E-state index contributed by atoms with van der Waals surface area (Å²) in [7, 11) is 1.47. The third kappa shape index (κ3) is 4.92. The second-order valence-corrected chi connectivity index (χ2v) is 7.68. The van der Waals surface area contributed by atoms with E-state index in [1.54, 1.807) is 12.1 Å². The lowest BCUT2D eigenvalue weighted by Crippen LogP contribution is -2.38. The van der Waals surface area contributed by atoms with Gasteiger partial charge in [-0.25, -0.2) is 0 Å². The molecule has 176 valence electrons. The number of methoxy groups -OCH3 is 1. The number of nitrogens with one attached hydrogen (secondary N) is 1. The number of amides is 1. The summed E-state index contributed by atoms with van der Waals surface area (Å²) in [5.41, 5.74) is 1.51. The van der Waals surface area contributed by atoms with Crippen LogP contribution in [0.2, 0.25) is 0 Å². The first-order valence-electron chi connectivity index (χ1n) is 10.5. The van der Waals surface area contributed by atoms with Crippen molar-refractivity contribution in [2.75, 3.05) is 20.3 Å². The molecule has 0 spiro atoms. The van der Waals surface area contributed by atoms with E-state index in [0.29, 0.717) is 23.7 Å². The lowest BCUT2D eigenvalue weighted by atomic mass is 9.84. The molecule has 1 unspecified atom stereocenters. The van der Waals surface area contributed by atoms with Gasteiger partial charge < -0.3 is 19.9 Å². The highest BCUT2D eigenvalue weighted by atomic mass is 19.4. The van der Waals surface area contributed by atoms with Gasteiger partial charge in [-0.2, -0.15) is 13.2 Å². The maximum atomic E-state index is 13.6. The number of aliphatic imine (C=N–C) groups is 1. The molecule has 0 saturated carbocycles. The Morgan fingerprint density at radius 3 is 2.76 bits per heavy atom. The van der Waals surface area contributed by atoms with Gasteiger partial charge in [0.05, 0.1) is 19.2 Å². The number of amidine groups is 1. The number of ether oxygens (including phenoxy) is 2. The van der Waals surface area contributed by atoms with Gasteiger partial charge in [0.25, 0.3) is 0 Å². The molecular formula is C25H21F3N2O4. The van der Waals surface area contributed by atoms with Crippen molar-refractivity contribution in [1.82, 2.24) is 5.32 Å². The van der Waals surface area contributed by atoms with Crippen LogP contribution in [0.4, 0.5) is 13.2 Å². The van der Waals surface area contributed by atoms with E-state index in [4.69, 9.17) is 14.6 Å². The Bertz CT molecular complexity index is 1240. The number of hydrogen-bond donors (Lipinski definition) is 2. The fourth-order valence-corrected chi connectivity index (χ4v) is 3.97. The van der Waals surface area contributed by atoms with Crippen LogP contribution in [0.1, 0.15) is 34.6 Å². The van der Waals surface area contributed by atoms with Crippen LogP contribution in [0.5, 0.6) is 11.5 Å². The molecule has 0 aromatic heterocycles. The van der Waals surface area contributed by atoms with Gasteiger partial charge in [0.2, 0.25) is 5.91 Å². The van der Waals surface area contributed by atoms with E-state index >= 15 is 0 Å². The molecule has 0 aliphatic carbocycles. The number of piperidine rings is 1. The smallest absolute Gasteiger partial charge is 0.420 e. The number of rotatable bonds is 5. The number of hydrogen-bond acceptors (Lipinski definition) is 5. The molecule has 34 heavy (non-hydrogen) atoms. The standard InChI is InChI=1S/C25H21F3N2O4/c1-33-22-12-16(19-13-23(32)30-24-18(19)8-9-29-24)5-6-17(22)14-34-21-7-4-15(3-2-10-31)11-20(21)25(26,27)28/h4-8,11-12,19,31H,9-10,13-14H2,1H3,(H,29,30,32). The number of alkyl halides is 3. The van der Waals surface area contributed by atoms with Gasteiger partial charge in [-0.15, -0.1) is 0 Å². The zero-order valence-corrected chi connectivity index (χ0v) is 18.2. The monoisotopic (exact) mass is 470 g/mol. The summed E-state index contributed by atoms with van der Waals surface area (Å²) in [6.07, 6.45) is -2.41. The summed E-state index contributed by atoms with van der Waals surface area (Å²) in [6.45, 7) is -0.0997. The predicted octanol–water partition coefficient (Wildman–Crippen LogP) is 3.58. The van der Waals surface area contributed by atoms with E-state index in [1.165, 1.54) is 19.2 Å². The quantitative estimate of drug-likeness (QED) is 0.655. The zero-order chi connectivity index (χ0) is 24.3. The Balaban J connectivity index is 1.57. The number of fused-ring (bicyclic) bond motifs is 1. The van der Waals surface area contributed by atoms with Gasteiger partial charge >= 0.3 is 6.18 Å². The normalized spacial score (nSPS) is 17.1. The number of benzene rings is 2. The molecule has 2 heterocycles. The minimum Gasteiger partial charge on any atom is -0.496 e. The van der Waals surface area contributed by atoms with Crippen molar-refractivity contribution in [1.29, 1.82) is 0 Å². The molecule has 2 aromatic rings. The summed E-state index contributed by atoms with van der Waals surface area (Å²) >= 11 is 0. The molecule has 2 aromatic carbocycles. The van der Waals surface area contributed by atoms with Gasteiger partial charge in [0.1, 0.15) is 30.5 Å². The average Bonchev–Trinajstić information content (AvgIpc) is 3.28. The molecule has 2 N–H and O–H groups in total. The van der Waals surface area contributed by atoms with Crippen molar-refractivity contribution < 1.29 is 32.5 Å². The van der Waals surface area contributed by atoms with E-state index < -0.39 is 18.3 Å². The van der Waals surface area contributed by atoms with Crippen LogP contribution in [-0.4, -0.2) is 37.1 Å². The number of halogens is 3. The summed E-state index contributed by atoms with van der Waals surface area (Å²) < 4.78 is 51.7. The molecule has 0 bridgehead atoms. The van der Waals surface area contributed by atoms with E-state index in [2.05, 4.69) is 22.2 Å². The van der Waals surface area contributed by atoms with E-state index in [0.717, 1.165) is 17.2 Å². The molecule has 4 rings (SSSR count). The average molecular weight is 470 g/mol. The SMILES string of the molecule is COc1cc(C2CC(=O)NC3=NCC=C32)ccc1COc1ccc(C#CCO)cc1C(F)(F)F. The van der Waals surface area contributed by atoms with Gasteiger partial charge in [-0.3, -0.25) is 9.79 Å². The highest BCUT2D eigenvalue weighted by molar-refractivity contribution is 6.12. The first-order valence-corrected chi connectivity index (χ1v) is 10.5. The first kappa shape index (κ1) is 23.4. The lowest BCUT2D eigenvalue weighted by Gasteiger charge is -2.26. The largest absolute Gasteiger partial charge is 0.496 e. The predicted molar refractivity (Wildman–Crippen MR) is 119 cm³/mol. The van der Waals surface area contributed by atoms with Crippen molar-refractivity contribution in [3.63, 3.8) is 0 Å². The molecule has 1 atom stereocenters. The van der Waals surface area contributed by atoms with Gasteiger partial charge in [0.15, 0.2) is 0 Å². The van der Waals surface area contributed by atoms with Crippen molar-refractivity contribution >= 4 is 11.7 Å². The van der Waals surface area contributed by atoms with E-state index in [9.17, 15) is 18.0 Å². The van der Waals surface area contributed by atoms with Gasteiger partial charge in [-0.05, 0) is 29.8 Å². The zero-order valence-electron chi connectivity index (χ0n) is 18.2. The van der Waals surface area contributed by atoms with Gasteiger partial charge in [-0.1, -0.05) is 30.0 Å². The Morgan fingerprint density at radius 2 is 2.03 bits per heavy atom. The summed E-state index contributed by atoms with van der Waals surface area (Å²) in [5.74, 6) is 5.18. The third-order valence-corrected chi connectivity index (χ3v) is 5.55. The van der Waals surface area contributed by atoms with E-state index in [-0.39, 0.29) is 36.2 Å². The fraction of sp³-hybridized carbons (Fsp3) is 0.280. The summed E-state index contributed by atoms with van der Waals surface area (Å²) in [6, 6.07) is 8.81. The minimum absolute atomic E-state index is 0.122. The van der Waals surface area contributed by atoms with Crippen LogP contribution in [0.25, 0.3) is 0 Å². The second kappa shape index (κ2) is 9.61. The maximum Gasteiger partial charge on any atom is 0.420 e. The maximum absolute atomic E-state index is 13.6. The molecule has 2 aliphatic heterocycles. The Labute approximate surface area is 194 Å². The molecule has 2 aliphatic rings. The molecule has 0 radical (unpaired) electrons. The van der Waals surface area contributed by atoms with Crippen molar-refractivity contribution in [3.8, 4) is 23.3 Å². The Morgan fingerprint density at radius 1 is 1.21 bits per heavy atom. The lowest BCUT2D eigenvalue weighted by molar-refractivity contribution is -0.139. The highest BCUT2D eigenvalue weighted by Crippen LogP contribution is 2.38.